The van der Waals surface area contributed by atoms with Crippen LogP contribution in [0.5, 0.6) is 0 Å². The molecule has 1 aromatic carbocycles. The maximum Gasteiger partial charge on any atom is 0.270 e. The summed E-state index contributed by atoms with van der Waals surface area (Å²) < 4.78 is 1.54. The molecule has 1 aliphatic carbocycles. The Morgan fingerprint density at radius 3 is 2.75 bits per heavy atom. The minimum atomic E-state index is -0.234. The Hall–Kier alpha value is -2.80. The molecule has 4 rings (SSSR count). The number of nitrogens with one attached hydrogen (secondary N) is 1. The third kappa shape index (κ3) is 4.20. The predicted octanol–water partition coefficient (Wildman–Crippen LogP) is 3.45. The van der Waals surface area contributed by atoms with E-state index in [1.807, 2.05) is 30.3 Å². The molecule has 0 radical (unpaired) electrons. The number of rotatable bonds is 6. The topological polar surface area (TPSA) is 76.9 Å². The number of hydrogen-bond donors (Lipinski definition) is 1. The quantitative estimate of drug-likeness (QED) is 0.695. The molecule has 0 unspecified atom stereocenters. The van der Waals surface area contributed by atoms with Crippen molar-refractivity contribution in [2.45, 2.75) is 38.1 Å². The second-order valence-corrected chi connectivity index (χ2v) is 7.84. The van der Waals surface area contributed by atoms with Crippen molar-refractivity contribution in [2.75, 3.05) is 6.54 Å². The van der Waals surface area contributed by atoms with Crippen molar-refractivity contribution in [3.8, 4) is 10.6 Å². The molecule has 0 saturated heterocycles. The summed E-state index contributed by atoms with van der Waals surface area (Å²) in [6.45, 7) is 0.736. The van der Waals surface area contributed by atoms with Gasteiger partial charge in [0, 0.05) is 36.0 Å². The SMILES string of the molecule is O=C(NCCn1cnc(C2CCCC2)cc1=O)c1csc(-c2ccccc2)n1. The number of nitrogens with zero attached hydrogens (tertiary/aromatic N) is 3. The van der Waals surface area contributed by atoms with Crippen molar-refractivity contribution in [1.82, 2.24) is 19.9 Å². The van der Waals surface area contributed by atoms with Crippen LogP contribution in [-0.2, 0) is 6.54 Å². The number of carbonyl (C=O) groups is 1. The van der Waals surface area contributed by atoms with Crippen LogP contribution in [0.25, 0.3) is 10.6 Å². The van der Waals surface area contributed by atoms with Gasteiger partial charge in [-0.2, -0.15) is 0 Å². The molecule has 1 fully saturated rings. The summed E-state index contributed by atoms with van der Waals surface area (Å²) in [6.07, 6.45) is 6.25. The first-order valence-corrected chi connectivity index (χ1v) is 10.4. The van der Waals surface area contributed by atoms with Gasteiger partial charge >= 0.3 is 0 Å². The molecule has 1 saturated carbocycles. The summed E-state index contributed by atoms with van der Waals surface area (Å²) >= 11 is 1.44. The van der Waals surface area contributed by atoms with E-state index in [9.17, 15) is 9.59 Å². The second-order valence-electron chi connectivity index (χ2n) is 6.99. The molecule has 7 heteroatoms. The summed E-state index contributed by atoms with van der Waals surface area (Å²) in [5.41, 5.74) is 2.22. The molecule has 3 aromatic rings. The average Bonchev–Trinajstić information content (AvgIpc) is 3.42. The van der Waals surface area contributed by atoms with E-state index in [2.05, 4.69) is 15.3 Å². The fourth-order valence-corrected chi connectivity index (χ4v) is 4.33. The highest BCUT2D eigenvalue weighted by Gasteiger charge is 2.19. The Kier molecular flexibility index (Phi) is 5.62. The molecule has 6 nitrogen and oxygen atoms in total. The van der Waals surface area contributed by atoms with Gasteiger partial charge in [-0.3, -0.25) is 14.2 Å². The summed E-state index contributed by atoms with van der Waals surface area (Å²) in [5.74, 6) is 0.188. The Balaban J connectivity index is 1.33. The van der Waals surface area contributed by atoms with Gasteiger partial charge in [-0.15, -0.1) is 11.3 Å². The summed E-state index contributed by atoms with van der Waals surface area (Å²) in [4.78, 5) is 33.5. The van der Waals surface area contributed by atoms with Gasteiger partial charge in [-0.25, -0.2) is 9.97 Å². The van der Waals surface area contributed by atoms with Crippen molar-refractivity contribution in [1.29, 1.82) is 0 Å². The molecule has 0 atom stereocenters. The van der Waals surface area contributed by atoms with Gasteiger partial charge in [0.1, 0.15) is 10.7 Å². The highest BCUT2D eigenvalue weighted by Crippen LogP contribution is 2.32. The lowest BCUT2D eigenvalue weighted by Crippen LogP contribution is -2.31. The van der Waals surface area contributed by atoms with E-state index in [-0.39, 0.29) is 11.5 Å². The molecule has 1 aliphatic rings. The van der Waals surface area contributed by atoms with Crippen LogP contribution in [0.2, 0.25) is 0 Å². The van der Waals surface area contributed by atoms with E-state index in [1.54, 1.807) is 17.8 Å². The van der Waals surface area contributed by atoms with Gasteiger partial charge in [0.25, 0.3) is 11.5 Å². The molecule has 28 heavy (non-hydrogen) atoms. The van der Waals surface area contributed by atoms with E-state index >= 15 is 0 Å². The van der Waals surface area contributed by atoms with Crippen molar-refractivity contribution in [2.24, 2.45) is 0 Å². The number of amides is 1. The summed E-state index contributed by atoms with van der Waals surface area (Å²) in [5, 5.41) is 5.39. The van der Waals surface area contributed by atoms with Gasteiger partial charge in [-0.1, -0.05) is 43.2 Å². The first kappa shape index (κ1) is 18.6. The summed E-state index contributed by atoms with van der Waals surface area (Å²) in [6, 6.07) is 11.4. The molecule has 0 aliphatic heterocycles. The Morgan fingerprint density at radius 2 is 2.00 bits per heavy atom. The van der Waals surface area contributed by atoms with Crippen LogP contribution in [-0.4, -0.2) is 27.0 Å². The molecular weight excluding hydrogens is 372 g/mol. The minimum Gasteiger partial charge on any atom is -0.349 e. The second kappa shape index (κ2) is 8.48. The number of aromatic nitrogens is 3. The molecule has 2 aromatic heterocycles. The number of hydrogen-bond acceptors (Lipinski definition) is 5. The molecule has 1 N–H and O–H groups in total. The van der Waals surface area contributed by atoms with Crippen LogP contribution in [0.4, 0.5) is 0 Å². The van der Waals surface area contributed by atoms with Gasteiger partial charge in [-0.05, 0) is 12.8 Å². The van der Waals surface area contributed by atoms with E-state index < -0.39 is 0 Å². The number of benzene rings is 1. The van der Waals surface area contributed by atoms with E-state index in [1.165, 1.54) is 28.7 Å². The fraction of sp³-hybridized carbons (Fsp3) is 0.333. The van der Waals surface area contributed by atoms with Crippen molar-refractivity contribution in [3.05, 3.63) is 69.8 Å². The monoisotopic (exact) mass is 394 g/mol. The minimum absolute atomic E-state index is 0.0637. The van der Waals surface area contributed by atoms with Crippen LogP contribution < -0.4 is 10.9 Å². The number of thiazole rings is 1. The average molecular weight is 395 g/mol. The highest BCUT2D eigenvalue weighted by atomic mass is 32.1. The third-order valence-electron chi connectivity index (χ3n) is 5.07. The summed E-state index contributed by atoms with van der Waals surface area (Å²) in [7, 11) is 0. The molecule has 0 bridgehead atoms. The lowest BCUT2D eigenvalue weighted by atomic mass is 10.0. The predicted molar refractivity (Wildman–Crippen MR) is 110 cm³/mol. The largest absolute Gasteiger partial charge is 0.349 e. The molecule has 144 valence electrons. The Morgan fingerprint density at radius 1 is 1.21 bits per heavy atom. The Bertz CT molecular complexity index is 1010. The molecular formula is C21H22N4O2S. The van der Waals surface area contributed by atoms with E-state index in [0.29, 0.717) is 24.7 Å². The molecule has 2 heterocycles. The van der Waals surface area contributed by atoms with Gasteiger partial charge in [0.2, 0.25) is 0 Å². The first-order chi connectivity index (χ1) is 13.7. The van der Waals surface area contributed by atoms with E-state index in [0.717, 1.165) is 29.1 Å². The van der Waals surface area contributed by atoms with Gasteiger partial charge in [0.05, 0.1) is 12.0 Å². The van der Waals surface area contributed by atoms with Crippen molar-refractivity contribution >= 4 is 17.2 Å². The lowest BCUT2D eigenvalue weighted by Gasteiger charge is -2.10. The van der Waals surface area contributed by atoms with Gasteiger partial charge in [0.15, 0.2) is 0 Å². The van der Waals surface area contributed by atoms with E-state index in [4.69, 9.17) is 0 Å². The number of carbonyl (C=O) groups excluding carboxylic acids is 1. The third-order valence-corrected chi connectivity index (χ3v) is 5.96. The lowest BCUT2D eigenvalue weighted by molar-refractivity contribution is 0.0948. The maximum absolute atomic E-state index is 12.3. The zero-order valence-corrected chi connectivity index (χ0v) is 16.3. The van der Waals surface area contributed by atoms with Crippen LogP contribution in [0.3, 0.4) is 0 Å². The van der Waals surface area contributed by atoms with Crippen molar-refractivity contribution in [3.63, 3.8) is 0 Å². The maximum atomic E-state index is 12.3. The Labute approximate surface area is 167 Å². The fourth-order valence-electron chi connectivity index (χ4n) is 3.52. The zero-order valence-electron chi connectivity index (χ0n) is 15.5. The smallest absolute Gasteiger partial charge is 0.270 e. The van der Waals surface area contributed by atoms with Crippen LogP contribution in [0.15, 0.2) is 52.9 Å². The molecule has 0 spiro atoms. The normalized spacial score (nSPS) is 14.3. The van der Waals surface area contributed by atoms with Crippen LogP contribution in [0, 0.1) is 0 Å². The zero-order chi connectivity index (χ0) is 19.3. The molecule has 1 amide bonds. The standard InChI is InChI=1S/C21H22N4O2S/c26-19-12-17(15-6-4-5-7-15)23-14-25(19)11-10-22-20(27)18-13-28-21(24-18)16-8-2-1-3-9-16/h1-3,8-9,12-15H,4-7,10-11H2,(H,22,27). The van der Waals surface area contributed by atoms with Crippen molar-refractivity contribution < 1.29 is 4.79 Å². The van der Waals surface area contributed by atoms with Gasteiger partial charge < -0.3 is 5.32 Å². The first-order valence-electron chi connectivity index (χ1n) is 9.56. The highest BCUT2D eigenvalue weighted by molar-refractivity contribution is 7.13. The van der Waals surface area contributed by atoms with Crippen LogP contribution >= 0.6 is 11.3 Å². The van der Waals surface area contributed by atoms with Crippen LogP contribution in [0.1, 0.15) is 47.8 Å².